The van der Waals surface area contributed by atoms with Gasteiger partial charge >= 0.3 is 0 Å². The van der Waals surface area contributed by atoms with Crippen LogP contribution in [0.2, 0.25) is 0 Å². The van der Waals surface area contributed by atoms with Gasteiger partial charge in [0.2, 0.25) is 0 Å². The lowest BCUT2D eigenvalue weighted by Gasteiger charge is -2.25. The highest BCUT2D eigenvalue weighted by Crippen LogP contribution is 2.15. The molecule has 0 aliphatic heterocycles. The number of aromatic nitrogens is 1. The maximum absolute atomic E-state index is 12.6. The number of hydrogen-bond acceptors (Lipinski definition) is 3. The SMILES string of the molecule is CCc1ccc2[nH]c(=O)c(CN(CCCO)C(=S)NCc3ccccc3)cc2c1. The van der Waals surface area contributed by atoms with E-state index in [0.717, 1.165) is 22.9 Å². The number of H-pyrrole nitrogens is 1. The van der Waals surface area contributed by atoms with Gasteiger partial charge in [-0.3, -0.25) is 4.79 Å². The maximum Gasteiger partial charge on any atom is 0.253 e. The highest BCUT2D eigenvalue weighted by atomic mass is 32.1. The number of hydrogen-bond donors (Lipinski definition) is 3. The second kappa shape index (κ2) is 10.2. The second-order valence-corrected chi connectivity index (χ2v) is 7.43. The quantitative estimate of drug-likeness (QED) is 0.498. The third-order valence-electron chi connectivity index (χ3n) is 4.91. The molecule has 5 nitrogen and oxygen atoms in total. The average molecular weight is 410 g/mol. The van der Waals surface area contributed by atoms with E-state index in [9.17, 15) is 9.90 Å². The van der Waals surface area contributed by atoms with Crippen LogP contribution < -0.4 is 10.9 Å². The lowest BCUT2D eigenvalue weighted by Crippen LogP contribution is -2.40. The zero-order chi connectivity index (χ0) is 20.6. The van der Waals surface area contributed by atoms with Crippen LogP contribution in [-0.2, 0) is 19.5 Å². The number of benzene rings is 2. The van der Waals surface area contributed by atoms with E-state index < -0.39 is 0 Å². The van der Waals surface area contributed by atoms with Crippen LogP contribution in [0.3, 0.4) is 0 Å². The summed E-state index contributed by atoms with van der Waals surface area (Å²) < 4.78 is 0. The van der Waals surface area contributed by atoms with Crippen molar-refractivity contribution in [3.05, 3.63) is 81.6 Å². The predicted octanol–water partition coefficient (Wildman–Crippen LogP) is 3.35. The van der Waals surface area contributed by atoms with Crippen LogP contribution in [0.15, 0.2) is 59.4 Å². The van der Waals surface area contributed by atoms with E-state index in [1.165, 1.54) is 5.56 Å². The van der Waals surface area contributed by atoms with Crippen molar-refractivity contribution in [3.8, 4) is 0 Å². The zero-order valence-electron chi connectivity index (χ0n) is 16.6. The molecule has 152 valence electrons. The summed E-state index contributed by atoms with van der Waals surface area (Å²) >= 11 is 5.59. The Hall–Kier alpha value is -2.70. The Morgan fingerprint density at radius 1 is 1.14 bits per heavy atom. The van der Waals surface area contributed by atoms with Gasteiger partial charge in [0.1, 0.15) is 0 Å². The lowest BCUT2D eigenvalue weighted by molar-refractivity contribution is 0.264. The van der Waals surface area contributed by atoms with E-state index in [0.29, 0.717) is 36.7 Å². The minimum absolute atomic E-state index is 0.0751. The number of aliphatic hydroxyl groups excluding tert-OH is 1. The van der Waals surface area contributed by atoms with Crippen molar-refractivity contribution in [2.24, 2.45) is 0 Å². The first kappa shape index (κ1) is 21.0. The fourth-order valence-electron chi connectivity index (χ4n) is 3.24. The molecule has 0 aliphatic carbocycles. The summed E-state index contributed by atoms with van der Waals surface area (Å²) in [6.45, 7) is 3.77. The Bertz CT molecular complexity index is 1020. The molecule has 3 rings (SSSR count). The molecule has 3 N–H and O–H groups in total. The summed E-state index contributed by atoms with van der Waals surface area (Å²) in [6.07, 6.45) is 1.53. The van der Waals surface area contributed by atoms with Gasteiger partial charge in [0.15, 0.2) is 5.11 Å². The molecular formula is C23H27N3O2S. The highest BCUT2D eigenvalue weighted by molar-refractivity contribution is 7.80. The first-order chi connectivity index (χ1) is 14.1. The molecule has 0 unspecified atom stereocenters. The molecule has 0 bridgehead atoms. The summed E-state index contributed by atoms with van der Waals surface area (Å²) in [6, 6.07) is 18.1. The van der Waals surface area contributed by atoms with Crippen LogP contribution in [0.5, 0.6) is 0 Å². The molecule has 2 aromatic carbocycles. The van der Waals surface area contributed by atoms with Crippen LogP contribution in [-0.4, -0.2) is 33.3 Å². The van der Waals surface area contributed by atoms with Crippen molar-refractivity contribution in [1.82, 2.24) is 15.2 Å². The van der Waals surface area contributed by atoms with Crippen molar-refractivity contribution in [1.29, 1.82) is 0 Å². The third kappa shape index (κ3) is 5.65. The number of thiocarbonyl (C=S) groups is 1. The highest BCUT2D eigenvalue weighted by Gasteiger charge is 2.13. The number of pyridine rings is 1. The molecule has 0 spiro atoms. The molecule has 0 aliphatic rings. The van der Waals surface area contributed by atoms with Crippen LogP contribution >= 0.6 is 12.2 Å². The van der Waals surface area contributed by atoms with Crippen molar-refractivity contribution in [2.45, 2.75) is 32.9 Å². The van der Waals surface area contributed by atoms with Gasteiger partial charge in [0, 0.05) is 30.8 Å². The average Bonchev–Trinajstić information content (AvgIpc) is 2.75. The normalized spacial score (nSPS) is 10.8. The smallest absolute Gasteiger partial charge is 0.253 e. The standard InChI is InChI=1S/C23H27N3O2S/c1-2-17-9-10-21-19(13-17)14-20(22(28)25-21)16-26(11-6-12-27)23(29)24-15-18-7-4-3-5-8-18/h3-5,7-10,13-14,27H,2,6,11-12,15-16H2,1H3,(H,24,29)(H,25,28). The molecule has 29 heavy (non-hydrogen) atoms. The second-order valence-electron chi connectivity index (χ2n) is 7.04. The molecule has 0 fully saturated rings. The molecule has 6 heteroatoms. The topological polar surface area (TPSA) is 68.4 Å². The summed E-state index contributed by atoms with van der Waals surface area (Å²) in [5, 5.41) is 14.1. The van der Waals surface area contributed by atoms with Crippen molar-refractivity contribution >= 4 is 28.2 Å². The number of nitrogens with one attached hydrogen (secondary N) is 2. The Morgan fingerprint density at radius 2 is 1.93 bits per heavy atom. The van der Waals surface area contributed by atoms with Crippen LogP contribution in [0, 0.1) is 0 Å². The molecule has 3 aromatic rings. The number of fused-ring (bicyclic) bond motifs is 1. The lowest BCUT2D eigenvalue weighted by atomic mass is 10.1. The Morgan fingerprint density at radius 3 is 2.66 bits per heavy atom. The van der Waals surface area contributed by atoms with Gasteiger partial charge in [-0.15, -0.1) is 0 Å². The summed E-state index contributed by atoms with van der Waals surface area (Å²) in [4.78, 5) is 17.5. The van der Waals surface area contributed by atoms with Gasteiger partial charge in [-0.2, -0.15) is 0 Å². The summed E-state index contributed by atoms with van der Waals surface area (Å²) in [5.74, 6) is 0. The minimum Gasteiger partial charge on any atom is -0.396 e. The number of aromatic amines is 1. The monoisotopic (exact) mass is 409 g/mol. The zero-order valence-corrected chi connectivity index (χ0v) is 17.5. The molecule has 0 saturated heterocycles. The van der Waals surface area contributed by atoms with E-state index in [1.54, 1.807) is 0 Å². The van der Waals surface area contributed by atoms with Crippen LogP contribution in [0.25, 0.3) is 10.9 Å². The van der Waals surface area contributed by atoms with Crippen molar-refractivity contribution in [3.63, 3.8) is 0 Å². The van der Waals surface area contributed by atoms with E-state index in [2.05, 4.69) is 23.3 Å². The first-order valence-corrected chi connectivity index (χ1v) is 10.3. The van der Waals surface area contributed by atoms with E-state index in [-0.39, 0.29) is 12.2 Å². The van der Waals surface area contributed by atoms with Crippen molar-refractivity contribution < 1.29 is 5.11 Å². The Kier molecular flexibility index (Phi) is 7.38. The van der Waals surface area contributed by atoms with Gasteiger partial charge in [0.05, 0.1) is 6.54 Å². The van der Waals surface area contributed by atoms with Crippen LogP contribution in [0.1, 0.15) is 30.0 Å². The third-order valence-corrected chi connectivity index (χ3v) is 5.32. The van der Waals surface area contributed by atoms with Gasteiger partial charge in [-0.05, 0) is 59.8 Å². The van der Waals surface area contributed by atoms with Gasteiger partial charge < -0.3 is 20.3 Å². The Balaban J connectivity index is 1.79. The number of nitrogens with zero attached hydrogens (tertiary/aromatic N) is 1. The molecule has 0 amide bonds. The Labute approximate surface area is 176 Å². The van der Waals surface area contributed by atoms with Gasteiger partial charge in [-0.25, -0.2) is 0 Å². The molecule has 1 aromatic heterocycles. The largest absolute Gasteiger partial charge is 0.396 e. The maximum atomic E-state index is 12.6. The molecular weight excluding hydrogens is 382 g/mol. The van der Waals surface area contributed by atoms with E-state index >= 15 is 0 Å². The van der Waals surface area contributed by atoms with Crippen molar-refractivity contribution in [2.75, 3.05) is 13.2 Å². The van der Waals surface area contributed by atoms with Gasteiger partial charge in [-0.1, -0.05) is 43.3 Å². The van der Waals surface area contributed by atoms with Crippen LogP contribution in [0.4, 0.5) is 0 Å². The predicted molar refractivity (Wildman–Crippen MR) is 122 cm³/mol. The van der Waals surface area contributed by atoms with Gasteiger partial charge in [0.25, 0.3) is 5.56 Å². The molecule has 0 radical (unpaired) electrons. The first-order valence-electron chi connectivity index (χ1n) is 9.93. The van der Waals surface area contributed by atoms with E-state index in [1.807, 2.05) is 53.4 Å². The molecule has 0 atom stereocenters. The number of aliphatic hydroxyl groups is 1. The summed E-state index contributed by atoms with van der Waals surface area (Å²) in [7, 11) is 0. The summed E-state index contributed by atoms with van der Waals surface area (Å²) in [5.41, 5.74) is 3.75. The fourth-order valence-corrected chi connectivity index (χ4v) is 3.47. The minimum atomic E-state index is -0.110. The number of aryl methyl sites for hydroxylation is 1. The number of rotatable bonds is 8. The fraction of sp³-hybridized carbons (Fsp3) is 0.304. The molecule has 1 heterocycles. The van der Waals surface area contributed by atoms with E-state index in [4.69, 9.17) is 12.2 Å². The molecule has 0 saturated carbocycles.